The summed E-state index contributed by atoms with van der Waals surface area (Å²) < 4.78 is 11.3. The third-order valence-corrected chi connectivity index (χ3v) is 10.4. The third kappa shape index (κ3) is 5.98. The highest BCUT2D eigenvalue weighted by atomic mass is 16.5. The van der Waals surface area contributed by atoms with Crippen LogP contribution in [-0.4, -0.2) is 19.3 Å². The van der Waals surface area contributed by atoms with Crippen LogP contribution in [0.5, 0.6) is 11.5 Å². The van der Waals surface area contributed by atoms with Gasteiger partial charge in [-0.1, -0.05) is 78.3 Å². The summed E-state index contributed by atoms with van der Waals surface area (Å²) >= 11 is 0. The fourth-order valence-corrected chi connectivity index (χ4v) is 7.97. The zero-order chi connectivity index (χ0) is 34.6. The molecule has 6 aromatic rings. The SMILES string of the molecule is CCc1ccnc(-n2c3ccccc3c3ccc(Oc4cc(C(C)C)cc(-n5nc(C)c(C6C(C)=CCC[C@@H]6C)c5C(C)(C)C)c4)cc32)c1. The molecule has 3 aromatic heterocycles. The molecule has 0 aliphatic heterocycles. The molecular weight excluding hydrogens is 601 g/mol. The average Bonchev–Trinajstić information content (AvgIpc) is 3.59. The van der Waals surface area contributed by atoms with E-state index < -0.39 is 0 Å². The number of allylic oxidation sites excluding steroid dienone is 2. The van der Waals surface area contributed by atoms with E-state index in [1.54, 1.807) is 0 Å². The van der Waals surface area contributed by atoms with Crippen LogP contribution in [0.1, 0.15) is 108 Å². The predicted molar refractivity (Wildman–Crippen MR) is 204 cm³/mol. The van der Waals surface area contributed by atoms with Gasteiger partial charge in [-0.15, -0.1) is 0 Å². The Bertz CT molecular complexity index is 2210. The Morgan fingerprint density at radius 1 is 0.898 bits per heavy atom. The molecule has 1 aliphatic rings. The Balaban J connectivity index is 1.36. The van der Waals surface area contributed by atoms with Gasteiger partial charge >= 0.3 is 0 Å². The van der Waals surface area contributed by atoms with Crippen molar-refractivity contribution in [3.63, 3.8) is 0 Å². The maximum Gasteiger partial charge on any atom is 0.137 e. The fourth-order valence-electron chi connectivity index (χ4n) is 7.97. The molecule has 0 saturated heterocycles. The van der Waals surface area contributed by atoms with Gasteiger partial charge in [0, 0.05) is 46.0 Å². The van der Waals surface area contributed by atoms with Crippen molar-refractivity contribution in [2.24, 2.45) is 5.92 Å². The first-order chi connectivity index (χ1) is 23.4. The number of benzene rings is 3. The molecule has 1 unspecified atom stereocenters. The van der Waals surface area contributed by atoms with E-state index in [-0.39, 0.29) is 5.41 Å². The molecule has 0 N–H and O–H groups in total. The summed E-state index contributed by atoms with van der Waals surface area (Å²) in [6.45, 7) is 20.5. The summed E-state index contributed by atoms with van der Waals surface area (Å²) in [5, 5.41) is 7.67. The third-order valence-electron chi connectivity index (χ3n) is 10.4. The van der Waals surface area contributed by atoms with Crippen LogP contribution in [0, 0.1) is 12.8 Å². The molecule has 252 valence electrons. The number of pyridine rings is 1. The van der Waals surface area contributed by atoms with E-state index in [0.717, 1.165) is 52.6 Å². The van der Waals surface area contributed by atoms with Gasteiger partial charge in [0.05, 0.1) is 28.1 Å². The lowest BCUT2D eigenvalue weighted by atomic mass is 9.72. The Labute approximate surface area is 291 Å². The van der Waals surface area contributed by atoms with E-state index in [4.69, 9.17) is 14.8 Å². The van der Waals surface area contributed by atoms with Crippen molar-refractivity contribution in [2.45, 2.75) is 98.8 Å². The number of rotatable bonds is 7. The topological polar surface area (TPSA) is 44.9 Å². The first-order valence-corrected chi connectivity index (χ1v) is 18.0. The Kier molecular flexibility index (Phi) is 8.50. The molecule has 0 fully saturated rings. The van der Waals surface area contributed by atoms with Crippen LogP contribution in [0.4, 0.5) is 0 Å². The van der Waals surface area contributed by atoms with Crippen molar-refractivity contribution >= 4 is 21.8 Å². The molecule has 3 aromatic carbocycles. The zero-order valence-electron chi connectivity index (χ0n) is 30.6. The van der Waals surface area contributed by atoms with Crippen LogP contribution < -0.4 is 4.74 Å². The van der Waals surface area contributed by atoms with E-state index >= 15 is 0 Å². The molecule has 0 spiro atoms. The fraction of sp³-hybridized carbons (Fsp3) is 0.364. The Morgan fingerprint density at radius 3 is 2.41 bits per heavy atom. The van der Waals surface area contributed by atoms with Crippen LogP contribution in [0.25, 0.3) is 33.3 Å². The maximum atomic E-state index is 6.80. The molecule has 5 heteroatoms. The molecule has 0 radical (unpaired) electrons. The normalized spacial score (nSPS) is 16.9. The van der Waals surface area contributed by atoms with Gasteiger partial charge < -0.3 is 4.74 Å². The summed E-state index contributed by atoms with van der Waals surface area (Å²) in [5.74, 6) is 3.80. The lowest BCUT2D eigenvalue weighted by molar-refractivity contribution is 0.437. The highest BCUT2D eigenvalue weighted by Gasteiger charge is 2.35. The summed E-state index contributed by atoms with van der Waals surface area (Å²) in [6, 6.07) is 25.9. The van der Waals surface area contributed by atoms with E-state index in [1.165, 1.54) is 45.2 Å². The predicted octanol–water partition coefficient (Wildman–Crippen LogP) is 11.9. The quantitative estimate of drug-likeness (QED) is 0.162. The number of hydrogen-bond acceptors (Lipinski definition) is 3. The van der Waals surface area contributed by atoms with E-state index in [2.05, 4.69) is 150 Å². The van der Waals surface area contributed by atoms with Crippen LogP contribution in [-0.2, 0) is 11.8 Å². The van der Waals surface area contributed by atoms with Crippen molar-refractivity contribution in [3.05, 3.63) is 119 Å². The van der Waals surface area contributed by atoms with Crippen LogP contribution in [0.15, 0.2) is 90.6 Å². The average molecular weight is 651 g/mol. The van der Waals surface area contributed by atoms with Gasteiger partial charge in [0.2, 0.25) is 0 Å². The van der Waals surface area contributed by atoms with Crippen LogP contribution >= 0.6 is 0 Å². The number of hydrogen-bond donors (Lipinski definition) is 0. The van der Waals surface area contributed by atoms with Crippen LogP contribution in [0.2, 0.25) is 0 Å². The monoisotopic (exact) mass is 650 g/mol. The van der Waals surface area contributed by atoms with Crippen LogP contribution in [0.3, 0.4) is 0 Å². The standard InChI is InChI=1S/C44H50N4O/c1-10-31-20-21-45-40(22-31)47-38-17-12-11-16-36(38)37-19-18-34(26-39(37)47)49-35-24-32(27(2)3)23-33(25-35)48-43(44(7,8)9)42(30(6)46-48)41-28(4)14-13-15-29(41)5/h11-12,14,16-27,29,41H,10,13,15H2,1-9H3/t29-,41?/m0/s1. The van der Waals surface area contributed by atoms with E-state index in [1.807, 2.05) is 6.20 Å². The molecule has 0 bridgehead atoms. The van der Waals surface area contributed by atoms with Crippen molar-refractivity contribution in [1.82, 2.24) is 19.3 Å². The first kappa shape index (κ1) is 32.9. The maximum absolute atomic E-state index is 6.80. The molecular formula is C44H50N4O. The number of ether oxygens (including phenoxy) is 1. The van der Waals surface area contributed by atoms with Crippen molar-refractivity contribution < 1.29 is 4.74 Å². The van der Waals surface area contributed by atoms with Gasteiger partial charge in [-0.05, 0) is 98.5 Å². The summed E-state index contributed by atoms with van der Waals surface area (Å²) in [6.07, 6.45) is 7.67. The van der Waals surface area contributed by atoms with Gasteiger partial charge in [-0.3, -0.25) is 4.57 Å². The summed E-state index contributed by atoms with van der Waals surface area (Å²) in [5.41, 5.74) is 10.9. The second-order valence-electron chi connectivity index (χ2n) is 15.4. The Hall–Kier alpha value is -4.64. The van der Waals surface area contributed by atoms with E-state index in [9.17, 15) is 0 Å². The largest absolute Gasteiger partial charge is 0.457 e. The molecule has 2 atom stereocenters. The van der Waals surface area contributed by atoms with Gasteiger partial charge in [0.25, 0.3) is 0 Å². The van der Waals surface area contributed by atoms with Gasteiger partial charge in [-0.25, -0.2) is 9.67 Å². The van der Waals surface area contributed by atoms with Gasteiger partial charge in [0.1, 0.15) is 17.3 Å². The minimum atomic E-state index is -0.107. The molecule has 49 heavy (non-hydrogen) atoms. The van der Waals surface area contributed by atoms with Crippen molar-refractivity contribution in [2.75, 3.05) is 0 Å². The molecule has 3 heterocycles. The minimum Gasteiger partial charge on any atom is -0.457 e. The second-order valence-corrected chi connectivity index (χ2v) is 15.4. The number of nitrogens with zero attached hydrogens (tertiary/aromatic N) is 4. The zero-order valence-corrected chi connectivity index (χ0v) is 30.6. The molecule has 5 nitrogen and oxygen atoms in total. The lowest BCUT2D eigenvalue weighted by Crippen LogP contribution is -2.24. The van der Waals surface area contributed by atoms with Crippen molar-refractivity contribution in [3.8, 4) is 23.0 Å². The smallest absolute Gasteiger partial charge is 0.137 e. The number of para-hydroxylation sites is 1. The lowest BCUT2D eigenvalue weighted by Gasteiger charge is -2.32. The van der Waals surface area contributed by atoms with Gasteiger partial charge in [-0.2, -0.15) is 5.10 Å². The van der Waals surface area contributed by atoms with E-state index in [0.29, 0.717) is 17.8 Å². The Morgan fingerprint density at radius 2 is 1.67 bits per heavy atom. The molecule has 0 amide bonds. The molecule has 1 aliphatic carbocycles. The minimum absolute atomic E-state index is 0.107. The number of aryl methyl sites for hydroxylation is 2. The van der Waals surface area contributed by atoms with Gasteiger partial charge in [0.15, 0.2) is 0 Å². The summed E-state index contributed by atoms with van der Waals surface area (Å²) in [4.78, 5) is 4.81. The number of fused-ring (bicyclic) bond motifs is 3. The summed E-state index contributed by atoms with van der Waals surface area (Å²) in [7, 11) is 0. The molecule has 7 rings (SSSR count). The molecule has 0 saturated carbocycles. The second kappa shape index (κ2) is 12.7. The highest BCUT2D eigenvalue weighted by Crippen LogP contribution is 2.45. The van der Waals surface area contributed by atoms with Crippen molar-refractivity contribution in [1.29, 1.82) is 0 Å². The number of aromatic nitrogens is 4. The first-order valence-electron chi connectivity index (χ1n) is 18.0. The highest BCUT2D eigenvalue weighted by molar-refractivity contribution is 6.09.